The van der Waals surface area contributed by atoms with Crippen molar-refractivity contribution in [2.24, 2.45) is 5.73 Å². The zero-order valence-electron chi connectivity index (χ0n) is 13.1. The van der Waals surface area contributed by atoms with E-state index in [-0.39, 0.29) is 12.1 Å². The van der Waals surface area contributed by atoms with Gasteiger partial charge in [0.2, 0.25) is 0 Å². The van der Waals surface area contributed by atoms with Crippen LogP contribution in [0.15, 0.2) is 18.2 Å². The second-order valence-electron chi connectivity index (χ2n) is 5.73. The zero-order valence-corrected chi connectivity index (χ0v) is 13.1. The third-order valence-corrected chi connectivity index (χ3v) is 4.14. The number of primary amides is 1. The summed E-state index contributed by atoms with van der Waals surface area (Å²) in [5.41, 5.74) is 7.71. The van der Waals surface area contributed by atoms with Gasteiger partial charge in [0, 0.05) is 30.7 Å². The third kappa shape index (κ3) is 3.88. The maximum atomic E-state index is 11.1. The van der Waals surface area contributed by atoms with Crippen LogP contribution in [0.4, 0.5) is 4.79 Å². The van der Waals surface area contributed by atoms with E-state index in [1.807, 2.05) is 6.07 Å². The summed E-state index contributed by atoms with van der Waals surface area (Å²) in [6.45, 7) is 5.69. The van der Waals surface area contributed by atoms with Crippen LogP contribution in [0.2, 0.25) is 0 Å². The van der Waals surface area contributed by atoms with Crippen molar-refractivity contribution in [3.63, 3.8) is 0 Å². The first-order valence-electron chi connectivity index (χ1n) is 7.46. The summed E-state index contributed by atoms with van der Waals surface area (Å²) in [6, 6.07) is 6.53. The Morgan fingerprint density at radius 3 is 2.67 bits per heavy atom. The van der Waals surface area contributed by atoms with Crippen molar-refractivity contribution in [2.75, 3.05) is 20.2 Å². The Bertz CT molecular complexity index is 496. The van der Waals surface area contributed by atoms with E-state index in [2.05, 4.69) is 31.3 Å². The molecule has 1 unspecified atom stereocenters. The van der Waals surface area contributed by atoms with Gasteiger partial charge in [-0.3, -0.25) is 0 Å². The number of rotatable bonds is 4. The number of likely N-dealkylation sites (tertiary alicyclic amines) is 1. The van der Waals surface area contributed by atoms with Crippen LogP contribution in [-0.4, -0.2) is 37.2 Å². The molecule has 0 aliphatic carbocycles. The van der Waals surface area contributed by atoms with E-state index in [0.717, 1.165) is 31.7 Å². The van der Waals surface area contributed by atoms with Crippen molar-refractivity contribution in [3.8, 4) is 5.75 Å². The fraction of sp³-hybridized carbons (Fsp3) is 0.562. The molecule has 1 saturated heterocycles. The second-order valence-corrected chi connectivity index (χ2v) is 5.73. The van der Waals surface area contributed by atoms with E-state index in [4.69, 9.17) is 10.5 Å². The minimum absolute atomic E-state index is 0.213. The van der Waals surface area contributed by atoms with Gasteiger partial charge in [-0.25, -0.2) is 4.79 Å². The normalized spacial score (nSPS) is 17.6. The first kappa shape index (κ1) is 15.6. The molecule has 0 aromatic heterocycles. The van der Waals surface area contributed by atoms with Gasteiger partial charge < -0.3 is 20.7 Å². The fourth-order valence-electron chi connectivity index (χ4n) is 2.90. The summed E-state index contributed by atoms with van der Waals surface area (Å²) in [4.78, 5) is 12.8. The van der Waals surface area contributed by atoms with Gasteiger partial charge in [-0.05, 0) is 32.8 Å². The number of benzene rings is 1. The van der Waals surface area contributed by atoms with Crippen molar-refractivity contribution in [3.05, 3.63) is 29.3 Å². The Morgan fingerprint density at radius 2 is 2.10 bits per heavy atom. The Balaban J connectivity index is 1.98. The summed E-state index contributed by atoms with van der Waals surface area (Å²) >= 11 is 0. The maximum absolute atomic E-state index is 11.1. The Labute approximate surface area is 126 Å². The van der Waals surface area contributed by atoms with Crippen molar-refractivity contribution in [2.45, 2.75) is 38.8 Å². The highest BCUT2D eigenvalue weighted by molar-refractivity contribution is 5.72. The van der Waals surface area contributed by atoms with Crippen LogP contribution < -0.4 is 15.8 Å². The summed E-state index contributed by atoms with van der Waals surface area (Å²) in [5, 5.41) is 3.64. The molecule has 0 saturated carbocycles. The summed E-state index contributed by atoms with van der Waals surface area (Å²) in [5.74, 6) is 0.912. The standard InChI is InChI=1S/C16H25N3O2/c1-11-4-5-15(21-3)14(10-11)12(2)18-13-6-8-19(9-7-13)16(17)20/h4-5,10,12-13,18H,6-9H2,1-3H3,(H2,17,20). The van der Waals surface area contributed by atoms with Crippen LogP contribution in [0.5, 0.6) is 5.75 Å². The lowest BCUT2D eigenvalue weighted by molar-refractivity contribution is 0.183. The average molecular weight is 291 g/mol. The second kappa shape index (κ2) is 6.80. The van der Waals surface area contributed by atoms with Crippen LogP contribution >= 0.6 is 0 Å². The number of ether oxygens (including phenoxy) is 1. The number of nitrogens with two attached hydrogens (primary N) is 1. The van der Waals surface area contributed by atoms with E-state index >= 15 is 0 Å². The van der Waals surface area contributed by atoms with E-state index in [0.29, 0.717) is 6.04 Å². The molecule has 1 aliphatic rings. The molecule has 1 fully saturated rings. The lowest BCUT2D eigenvalue weighted by atomic mass is 10.00. The fourth-order valence-corrected chi connectivity index (χ4v) is 2.90. The van der Waals surface area contributed by atoms with Gasteiger partial charge in [-0.1, -0.05) is 17.7 Å². The molecule has 2 rings (SSSR count). The smallest absolute Gasteiger partial charge is 0.314 e. The highest BCUT2D eigenvalue weighted by atomic mass is 16.5. The number of nitrogens with one attached hydrogen (secondary N) is 1. The van der Waals surface area contributed by atoms with Crippen LogP contribution in [0.25, 0.3) is 0 Å². The molecule has 1 heterocycles. The lowest BCUT2D eigenvalue weighted by Gasteiger charge is -2.33. The minimum Gasteiger partial charge on any atom is -0.496 e. The molecule has 1 aromatic rings. The number of urea groups is 1. The molecule has 0 spiro atoms. The molecular weight excluding hydrogens is 266 g/mol. The largest absolute Gasteiger partial charge is 0.496 e. The van der Waals surface area contributed by atoms with Crippen molar-refractivity contribution in [1.82, 2.24) is 10.2 Å². The van der Waals surface area contributed by atoms with Crippen molar-refractivity contribution < 1.29 is 9.53 Å². The Morgan fingerprint density at radius 1 is 1.43 bits per heavy atom. The molecule has 1 aliphatic heterocycles. The molecule has 5 nitrogen and oxygen atoms in total. The SMILES string of the molecule is COc1ccc(C)cc1C(C)NC1CCN(C(N)=O)CC1. The summed E-state index contributed by atoms with van der Waals surface area (Å²) < 4.78 is 5.45. The van der Waals surface area contributed by atoms with E-state index in [9.17, 15) is 4.79 Å². The third-order valence-electron chi connectivity index (χ3n) is 4.14. The van der Waals surface area contributed by atoms with Crippen LogP contribution in [0.1, 0.15) is 36.9 Å². The average Bonchev–Trinajstić information content (AvgIpc) is 2.47. The molecule has 0 bridgehead atoms. The highest BCUT2D eigenvalue weighted by Crippen LogP contribution is 2.27. The molecule has 0 radical (unpaired) electrons. The predicted molar refractivity (Wildman–Crippen MR) is 83.5 cm³/mol. The van der Waals surface area contributed by atoms with Gasteiger partial charge in [0.15, 0.2) is 0 Å². The number of methoxy groups -OCH3 is 1. The molecule has 116 valence electrons. The molecule has 5 heteroatoms. The molecule has 1 aromatic carbocycles. The summed E-state index contributed by atoms with van der Waals surface area (Å²) in [7, 11) is 1.70. The monoisotopic (exact) mass is 291 g/mol. The van der Waals surface area contributed by atoms with E-state index in [1.54, 1.807) is 12.0 Å². The van der Waals surface area contributed by atoms with Crippen LogP contribution in [0.3, 0.4) is 0 Å². The van der Waals surface area contributed by atoms with Gasteiger partial charge in [-0.2, -0.15) is 0 Å². The van der Waals surface area contributed by atoms with Crippen molar-refractivity contribution in [1.29, 1.82) is 0 Å². The molecule has 2 amide bonds. The molecule has 1 atom stereocenters. The number of hydrogen-bond donors (Lipinski definition) is 2. The summed E-state index contributed by atoms with van der Waals surface area (Å²) in [6.07, 6.45) is 1.86. The molecule has 3 N–H and O–H groups in total. The van der Waals surface area contributed by atoms with Crippen LogP contribution in [-0.2, 0) is 0 Å². The van der Waals surface area contributed by atoms with E-state index < -0.39 is 0 Å². The number of carbonyl (C=O) groups excluding carboxylic acids is 1. The van der Waals surface area contributed by atoms with Crippen LogP contribution in [0, 0.1) is 6.92 Å². The molecule has 21 heavy (non-hydrogen) atoms. The van der Waals surface area contributed by atoms with Gasteiger partial charge in [0.25, 0.3) is 0 Å². The van der Waals surface area contributed by atoms with E-state index in [1.165, 1.54) is 11.1 Å². The lowest BCUT2D eigenvalue weighted by Crippen LogP contribution is -2.47. The van der Waals surface area contributed by atoms with Gasteiger partial charge in [0.1, 0.15) is 5.75 Å². The van der Waals surface area contributed by atoms with Gasteiger partial charge >= 0.3 is 6.03 Å². The highest BCUT2D eigenvalue weighted by Gasteiger charge is 2.23. The van der Waals surface area contributed by atoms with Crippen molar-refractivity contribution >= 4 is 6.03 Å². The number of nitrogens with zero attached hydrogens (tertiary/aromatic N) is 1. The number of piperidine rings is 1. The number of aryl methyl sites for hydroxylation is 1. The quantitative estimate of drug-likeness (QED) is 0.893. The first-order chi connectivity index (χ1) is 10.0. The number of amides is 2. The Hall–Kier alpha value is -1.75. The van der Waals surface area contributed by atoms with Gasteiger partial charge in [0.05, 0.1) is 7.11 Å². The topological polar surface area (TPSA) is 67.6 Å². The maximum Gasteiger partial charge on any atom is 0.314 e. The first-order valence-corrected chi connectivity index (χ1v) is 7.46. The van der Waals surface area contributed by atoms with Gasteiger partial charge in [-0.15, -0.1) is 0 Å². The molecular formula is C16H25N3O2. The number of carbonyl (C=O) groups is 1. The zero-order chi connectivity index (χ0) is 15.4. The predicted octanol–water partition coefficient (Wildman–Crippen LogP) is 2.20. The Kier molecular flexibility index (Phi) is 5.07. The number of hydrogen-bond acceptors (Lipinski definition) is 3. The minimum atomic E-state index is -0.318.